The molecule has 0 radical (unpaired) electrons. The number of nitrogens with zero attached hydrogens (tertiary/aromatic N) is 2. The second-order valence-corrected chi connectivity index (χ2v) is 16.4. The third kappa shape index (κ3) is 7.84. The van der Waals surface area contributed by atoms with Gasteiger partial charge >= 0.3 is 0 Å². The number of thiazole rings is 1. The van der Waals surface area contributed by atoms with Crippen molar-refractivity contribution in [1.82, 2.24) is 20.5 Å². The maximum Gasteiger partial charge on any atom is 0.247 e. The third-order valence-corrected chi connectivity index (χ3v) is 12.3. The van der Waals surface area contributed by atoms with E-state index >= 15 is 0 Å². The molecule has 0 unspecified atom stereocenters. The van der Waals surface area contributed by atoms with E-state index in [9.17, 15) is 19.5 Å². The molecule has 0 bridgehead atoms. The summed E-state index contributed by atoms with van der Waals surface area (Å²) in [4.78, 5) is 48.2. The number of aliphatic hydroxyl groups is 1. The zero-order valence-electron chi connectivity index (χ0n) is 29.8. The van der Waals surface area contributed by atoms with Gasteiger partial charge in [-0.2, -0.15) is 0 Å². The van der Waals surface area contributed by atoms with Crippen LogP contribution in [0.4, 0.5) is 0 Å². The summed E-state index contributed by atoms with van der Waals surface area (Å²) in [5, 5.41) is 16.8. The van der Waals surface area contributed by atoms with Crippen molar-refractivity contribution < 1.29 is 19.5 Å². The molecule has 0 spiro atoms. The number of carbonyl (C=O) groups excluding carboxylic acids is 3. The first kappa shape index (κ1) is 37.0. The number of thioether (sulfide) groups is 1. The van der Waals surface area contributed by atoms with Gasteiger partial charge in [0.15, 0.2) is 0 Å². The van der Waals surface area contributed by atoms with Gasteiger partial charge in [-0.1, -0.05) is 115 Å². The molecule has 268 valence electrons. The first-order valence-corrected chi connectivity index (χ1v) is 19.1. The van der Waals surface area contributed by atoms with E-state index in [4.69, 9.17) is 0 Å². The molecule has 0 saturated carbocycles. The fourth-order valence-electron chi connectivity index (χ4n) is 7.02. The van der Waals surface area contributed by atoms with E-state index in [1.807, 2.05) is 105 Å². The van der Waals surface area contributed by atoms with E-state index in [-0.39, 0.29) is 31.3 Å². The van der Waals surface area contributed by atoms with Gasteiger partial charge in [-0.05, 0) is 48.6 Å². The average molecular weight is 733 g/mol. The van der Waals surface area contributed by atoms with Gasteiger partial charge in [0.2, 0.25) is 17.7 Å². The van der Waals surface area contributed by atoms with Crippen LogP contribution in [0.25, 0.3) is 10.4 Å². The Bertz CT molecular complexity index is 1890. The molecule has 1 fully saturated rings. The Kier molecular flexibility index (Phi) is 11.3. The number of benzene rings is 4. The normalized spacial score (nSPS) is 16.7. The van der Waals surface area contributed by atoms with Crippen LogP contribution in [0.3, 0.4) is 0 Å². The summed E-state index contributed by atoms with van der Waals surface area (Å²) < 4.78 is -1.71. The first-order valence-electron chi connectivity index (χ1n) is 17.4. The summed E-state index contributed by atoms with van der Waals surface area (Å²) in [5.41, 5.74) is 7.82. The summed E-state index contributed by atoms with van der Waals surface area (Å²) in [5.74, 6) is -1.14. The molecule has 8 nitrogen and oxygen atoms in total. The predicted molar refractivity (Wildman–Crippen MR) is 209 cm³/mol. The molecule has 0 aliphatic carbocycles. The van der Waals surface area contributed by atoms with E-state index in [1.165, 1.54) is 11.8 Å². The molecule has 5 aromatic rings. The van der Waals surface area contributed by atoms with Gasteiger partial charge in [0.1, 0.15) is 12.1 Å². The van der Waals surface area contributed by atoms with Gasteiger partial charge in [-0.3, -0.25) is 14.4 Å². The number of aromatic nitrogens is 1. The second-order valence-electron chi connectivity index (χ2n) is 13.7. The summed E-state index contributed by atoms with van der Waals surface area (Å²) in [7, 11) is 0. The Hall–Kier alpha value is -4.77. The predicted octanol–water partition coefficient (Wildman–Crippen LogP) is 6.71. The van der Waals surface area contributed by atoms with E-state index < -0.39 is 33.6 Å². The van der Waals surface area contributed by atoms with Gasteiger partial charge in [-0.25, -0.2) is 4.98 Å². The van der Waals surface area contributed by atoms with Crippen LogP contribution in [0.1, 0.15) is 55.1 Å². The van der Waals surface area contributed by atoms with Gasteiger partial charge in [0.05, 0.1) is 26.9 Å². The highest BCUT2D eigenvalue weighted by atomic mass is 32.2. The van der Waals surface area contributed by atoms with Gasteiger partial charge < -0.3 is 20.6 Å². The van der Waals surface area contributed by atoms with Crippen molar-refractivity contribution in [3.63, 3.8) is 0 Å². The molecule has 3 atom stereocenters. The molecule has 1 saturated heterocycles. The zero-order chi connectivity index (χ0) is 36.9. The first-order chi connectivity index (χ1) is 25.0. The van der Waals surface area contributed by atoms with E-state index in [0.717, 1.165) is 38.4 Å². The lowest BCUT2D eigenvalue weighted by Crippen LogP contribution is -2.60. The van der Waals surface area contributed by atoms with Crippen molar-refractivity contribution in [3.05, 3.63) is 149 Å². The number of aryl methyl sites for hydroxylation is 1. The van der Waals surface area contributed by atoms with Crippen LogP contribution in [0, 0.1) is 6.92 Å². The number of carbonyl (C=O) groups is 3. The molecule has 2 heterocycles. The highest BCUT2D eigenvalue weighted by molar-refractivity contribution is 8.02. The van der Waals surface area contributed by atoms with Crippen LogP contribution in [-0.4, -0.2) is 62.2 Å². The van der Waals surface area contributed by atoms with Crippen LogP contribution in [0.15, 0.2) is 121 Å². The van der Waals surface area contributed by atoms with Crippen LogP contribution in [0.5, 0.6) is 0 Å². The molecule has 3 N–H and O–H groups in total. The quantitative estimate of drug-likeness (QED) is 0.123. The van der Waals surface area contributed by atoms with Gasteiger partial charge in [0.25, 0.3) is 0 Å². The Balaban J connectivity index is 1.29. The van der Waals surface area contributed by atoms with Crippen molar-refractivity contribution in [2.24, 2.45) is 0 Å². The van der Waals surface area contributed by atoms with Crippen molar-refractivity contribution in [1.29, 1.82) is 0 Å². The van der Waals surface area contributed by atoms with Gasteiger partial charge in [-0.15, -0.1) is 23.1 Å². The number of hydrogen-bond acceptors (Lipinski definition) is 7. The number of rotatable bonds is 12. The number of likely N-dealkylation sites (tertiary alicyclic amines) is 1. The fraction of sp³-hybridized carbons (Fsp3) is 0.286. The molecular formula is C42H44N4O4S2. The molecule has 3 amide bonds. The Morgan fingerprint density at radius 1 is 0.885 bits per heavy atom. The van der Waals surface area contributed by atoms with Crippen LogP contribution in [0.2, 0.25) is 0 Å². The zero-order valence-corrected chi connectivity index (χ0v) is 31.4. The van der Waals surface area contributed by atoms with Crippen LogP contribution < -0.4 is 10.6 Å². The Morgan fingerprint density at radius 3 is 1.90 bits per heavy atom. The third-order valence-electron chi connectivity index (χ3n) is 9.54. The second kappa shape index (κ2) is 15.9. The van der Waals surface area contributed by atoms with Crippen molar-refractivity contribution in [3.8, 4) is 10.4 Å². The molecule has 1 aliphatic rings. The summed E-state index contributed by atoms with van der Waals surface area (Å²) >= 11 is 3.16. The maximum atomic E-state index is 14.7. The molecule has 1 aliphatic heterocycles. The minimum absolute atomic E-state index is 0.0160. The summed E-state index contributed by atoms with van der Waals surface area (Å²) in [6.45, 7) is 7.53. The number of aliphatic hydroxyl groups excluding tert-OH is 1. The van der Waals surface area contributed by atoms with Crippen molar-refractivity contribution >= 4 is 40.8 Å². The van der Waals surface area contributed by atoms with E-state index in [0.29, 0.717) is 0 Å². The van der Waals surface area contributed by atoms with E-state index in [1.54, 1.807) is 23.1 Å². The van der Waals surface area contributed by atoms with Gasteiger partial charge in [0, 0.05) is 31.2 Å². The lowest BCUT2D eigenvalue weighted by atomic mass is 9.84. The fourth-order valence-corrected chi connectivity index (χ4v) is 9.66. The Morgan fingerprint density at radius 2 is 1.42 bits per heavy atom. The number of amides is 3. The topological polar surface area (TPSA) is 112 Å². The number of β-amino-alcohol motifs (C(OH)–C–C–N with tert-alkyl or cyclic N) is 1. The smallest absolute Gasteiger partial charge is 0.247 e. The van der Waals surface area contributed by atoms with Crippen molar-refractivity contribution in [2.45, 2.75) is 68.3 Å². The average Bonchev–Trinajstić information content (AvgIpc) is 3.78. The lowest BCUT2D eigenvalue weighted by Gasteiger charge is -2.45. The summed E-state index contributed by atoms with van der Waals surface area (Å²) in [6.07, 6.45) is -0.781. The molecule has 52 heavy (non-hydrogen) atoms. The standard InChI is InChI=1S/C42H44N4O4S2/c1-28-37(51-27-44-28)31-22-20-30(21-23-31)25-43-39(49)36-24-35(48)26-46(36)40(50)38(45-29(2)47)41(3,4)52-42(32-14-8-5-9-15-32,33-16-10-6-11-17-33)34-18-12-7-13-19-34/h5-23,27,35-36,38,48H,24-26H2,1-4H3,(H,43,49)(H,45,47)/t35-,36+,38-/m1/s1. The molecule has 1 aromatic heterocycles. The maximum absolute atomic E-state index is 14.7. The Labute approximate surface area is 313 Å². The van der Waals surface area contributed by atoms with Crippen LogP contribution >= 0.6 is 23.1 Å². The monoisotopic (exact) mass is 732 g/mol. The molecule has 6 rings (SSSR count). The minimum Gasteiger partial charge on any atom is -0.391 e. The highest BCUT2D eigenvalue weighted by Crippen LogP contribution is 2.54. The highest BCUT2D eigenvalue weighted by Gasteiger charge is 2.50. The largest absolute Gasteiger partial charge is 0.391 e. The SMILES string of the molecule is CC(=O)N[C@H](C(=O)N1C[C@H](O)C[C@H]1C(=O)NCc1ccc(-c2scnc2C)cc1)C(C)(C)SC(c1ccccc1)(c1ccccc1)c1ccccc1. The lowest BCUT2D eigenvalue weighted by molar-refractivity contribution is -0.142. The summed E-state index contributed by atoms with van der Waals surface area (Å²) in [6, 6.07) is 36.5. The number of nitrogens with one attached hydrogen (secondary N) is 2. The molecule has 10 heteroatoms. The molecular weight excluding hydrogens is 689 g/mol. The van der Waals surface area contributed by atoms with Crippen molar-refractivity contribution in [2.75, 3.05) is 6.54 Å². The molecule has 4 aromatic carbocycles. The number of hydrogen-bond donors (Lipinski definition) is 3. The minimum atomic E-state index is -1.03. The van der Waals surface area contributed by atoms with E-state index in [2.05, 4.69) is 52.0 Å². The van der Waals surface area contributed by atoms with Crippen LogP contribution in [-0.2, 0) is 25.7 Å².